The lowest BCUT2D eigenvalue weighted by molar-refractivity contribution is 0.113. The number of hydrogen-bond acceptors (Lipinski definition) is 5. The third-order valence-corrected chi connectivity index (χ3v) is 3.58. The molecule has 4 N–H and O–H groups in total. The van der Waals surface area contributed by atoms with E-state index in [0.717, 1.165) is 5.76 Å². The van der Waals surface area contributed by atoms with Crippen molar-refractivity contribution in [1.29, 1.82) is 0 Å². The van der Waals surface area contributed by atoms with Gasteiger partial charge in [-0.2, -0.15) is 0 Å². The van der Waals surface area contributed by atoms with Crippen LogP contribution in [-0.2, 0) is 0 Å². The van der Waals surface area contributed by atoms with Gasteiger partial charge < -0.3 is 20.4 Å². The van der Waals surface area contributed by atoms with Gasteiger partial charge in [-0.25, -0.2) is 0 Å². The summed E-state index contributed by atoms with van der Waals surface area (Å²) < 4.78 is 5.28. The number of thioether (sulfide) groups is 1. The molecule has 0 spiro atoms. The Kier molecular flexibility index (Phi) is 5.17. The van der Waals surface area contributed by atoms with Gasteiger partial charge in [0.25, 0.3) is 0 Å². The highest BCUT2D eigenvalue weighted by Gasteiger charge is 2.20. The van der Waals surface area contributed by atoms with E-state index in [1.165, 1.54) is 11.8 Å². The average molecular weight is 231 g/mol. The maximum absolute atomic E-state index is 9.24. The average Bonchev–Trinajstić information content (AvgIpc) is 2.70. The quantitative estimate of drug-likeness (QED) is 0.673. The Morgan fingerprint density at radius 3 is 2.80 bits per heavy atom. The molecule has 3 atom stereocenters. The first-order valence-electron chi connectivity index (χ1n) is 4.84. The van der Waals surface area contributed by atoms with Crippen molar-refractivity contribution < 1.29 is 14.6 Å². The zero-order valence-corrected chi connectivity index (χ0v) is 9.48. The number of nitrogens with two attached hydrogens (primary N) is 1. The molecule has 0 fully saturated rings. The van der Waals surface area contributed by atoms with Crippen molar-refractivity contribution >= 4 is 11.8 Å². The molecule has 0 amide bonds. The summed E-state index contributed by atoms with van der Waals surface area (Å²) in [5, 5.41) is 18.0. The van der Waals surface area contributed by atoms with Crippen molar-refractivity contribution in [3.63, 3.8) is 0 Å². The lowest BCUT2D eigenvalue weighted by Crippen LogP contribution is -2.24. The van der Waals surface area contributed by atoms with Crippen LogP contribution in [0, 0.1) is 0 Å². The molecule has 0 radical (unpaired) electrons. The van der Waals surface area contributed by atoms with Crippen LogP contribution in [0.5, 0.6) is 0 Å². The second-order valence-corrected chi connectivity index (χ2v) is 4.64. The molecule has 0 aromatic carbocycles. The van der Waals surface area contributed by atoms with Gasteiger partial charge in [0, 0.05) is 11.8 Å². The topological polar surface area (TPSA) is 79.6 Å². The van der Waals surface area contributed by atoms with Gasteiger partial charge in [0.15, 0.2) is 0 Å². The Morgan fingerprint density at radius 2 is 2.33 bits per heavy atom. The lowest BCUT2D eigenvalue weighted by atomic mass is 10.2. The number of hydrogen-bond donors (Lipinski definition) is 3. The van der Waals surface area contributed by atoms with Gasteiger partial charge in [-0.3, -0.25) is 0 Å². The minimum absolute atomic E-state index is 0.0150. The molecule has 0 aliphatic rings. The summed E-state index contributed by atoms with van der Waals surface area (Å²) in [4.78, 5) is 0. The SMILES string of the molecule is CC(N)C(SCC(O)CO)c1ccco1. The molecule has 0 aliphatic carbocycles. The van der Waals surface area contributed by atoms with E-state index in [9.17, 15) is 5.11 Å². The number of aliphatic hydroxyl groups excluding tert-OH is 2. The van der Waals surface area contributed by atoms with Crippen molar-refractivity contribution in [1.82, 2.24) is 0 Å². The van der Waals surface area contributed by atoms with Crippen LogP contribution in [0.3, 0.4) is 0 Å². The molecule has 5 heteroatoms. The fourth-order valence-electron chi connectivity index (χ4n) is 1.21. The predicted octanol–water partition coefficient (Wildman–Crippen LogP) is 0.754. The highest BCUT2D eigenvalue weighted by atomic mass is 32.2. The second-order valence-electron chi connectivity index (χ2n) is 3.46. The molecule has 1 aromatic heterocycles. The van der Waals surface area contributed by atoms with E-state index in [0.29, 0.717) is 5.75 Å². The summed E-state index contributed by atoms with van der Waals surface area (Å²) in [5.41, 5.74) is 5.83. The molecule has 1 heterocycles. The first kappa shape index (κ1) is 12.6. The highest BCUT2D eigenvalue weighted by molar-refractivity contribution is 7.99. The maximum atomic E-state index is 9.24. The Labute approximate surface area is 93.5 Å². The van der Waals surface area contributed by atoms with Crippen LogP contribution in [0.25, 0.3) is 0 Å². The maximum Gasteiger partial charge on any atom is 0.118 e. The largest absolute Gasteiger partial charge is 0.468 e. The monoisotopic (exact) mass is 231 g/mol. The van der Waals surface area contributed by atoms with E-state index in [1.54, 1.807) is 6.26 Å². The summed E-state index contributed by atoms with van der Waals surface area (Å²) in [6.45, 7) is 1.67. The molecule has 4 nitrogen and oxygen atoms in total. The van der Waals surface area contributed by atoms with Gasteiger partial charge >= 0.3 is 0 Å². The van der Waals surface area contributed by atoms with Gasteiger partial charge in [0.1, 0.15) is 5.76 Å². The second kappa shape index (κ2) is 6.17. The third kappa shape index (κ3) is 3.87. The van der Waals surface area contributed by atoms with Gasteiger partial charge in [-0.1, -0.05) is 0 Å². The number of aliphatic hydroxyl groups is 2. The van der Waals surface area contributed by atoms with Crippen molar-refractivity contribution in [3.05, 3.63) is 24.2 Å². The summed E-state index contributed by atoms with van der Waals surface area (Å²) in [6, 6.07) is 3.62. The standard InChI is InChI=1S/C10H17NO3S/c1-7(11)10(9-3-2-4-14-9)15-6-8(13)5-12/h2-4,7-8,10,12-13H,5-6,11H2,1H3. The van der Waals surface area contributed by atoms with Crippen LogP contribution in [0.4, 0.5) is 0 Å². The fraction of sp³-hybridized carbons (Fsp3) is 0.600. The fourth-order valence-corrected chi connectivity index (χ4v) is 2.35. The number of rotatable bonds is 6. The van der Waals surface area contributed by atoms with Crippen molar-refractivity contribution in [2.45, 2.75) is 24.3 Å². The van der Waals surface area contributed by atoms with Gasteiger partial charge in [-0.15, -0.1) is 11.8 Å². The summed E-state index contributed by atoms with van der Waals surface area (Å²) >= 11 is 1.49. The Hall–Kier alpha value is -0.490. The minimum atomic E-state index is -0.703. The first-order chi connectivity index (χ1) is 7.15. The van der Waals surface area contributed by atoms with Crippen molar-refractivity contribution in [3.8, 4) is 0 Å². The molecule has 0 bridgehead atoms. The Morgan fingerprint density at radius 1 is 1.60 bits per heavy atom. The van der Waals surface area contributed by atoms with E-state index in [4.69, 9.17) is 15.3 Å². The van der Waals surface area contributed by atoms with Crippen LogP contribution < -0.4 is 5.73 Å². The predicted molar refractivity (Wildman–Crippen MR) is 60.6 cm³/mol. The van der Waals surface area contributed by atoms with Gasteiger partial charge in [0.05, 0.1) is 24.2 Å². The smallest absolute Gasteiger partial charge is 0.118 e. The summed E-state index contributed by atoms with van der Waals surface area (Å²) in [7, 11) is 0. The zero-order valence-electron chi connectivity index (χ0n) is 8.67. The molecular formula is C10H17NO3S. The van der Waals surface area contributed by atoms with E-state index in [2.05, 4.69) is 0 Å². The summed E-state index contributed by atoms with van der Waals surface area (Å²) in [5.74, 6) is 1.25. The molecular weight excluding hydrogens is 214 g/mol. The lowest BCUT2D eigenvalue weighted by Gasteiger charge is -2.19. The molecule has 1 aromatic rings. The third-order valence-electron chi connectivity index (χ3n) is 1.98. The van der Waals surface area contributed by atoms with Crippen LogP contribution in [-0.4, -0.2) is 34.7 Å². The Bertz CT molecular complexity index is 264. The van der Waals surface area contributed by atoms with Gasteiger partial charge in [-0.05, 0) is 19.1 Å². The zero-order chi connectivity index (χ0) is 11.3. The molecule has 0 saturated heterocycles. The molecule has 0 saturated carbocycles. The normalized spacial score (nSPS) is 17.3. The highest BCUT2D eigenvalue weighted by Crippen LogP contribution is 2.31. The molecule has 86 valence electrons. The van der Waals surface area contributed by atoms with E-state index >= 15 is 0 Å². The summed E-state index contributed by atoms with van der Waals surface area (Å²) in [6.07, 6.45) is 0.902. The molecule has 15 heavy (non-hydrogen) atoms. The Balaban J connectivity index is 2.53. The van der Waals surface area contributed by atoms with Crippen LogP contribution in [0.1, 0.15) is 17.9 Å². The molecule has 3 unspecified atom stereocenters. The first-order valence-corrected chi connectivity index (χ1v) is 5.89. The van der Waals surface area contributed by atoms with E-state index in [-0.39, 0.29) is 17.9 Å². The van der Waals surface area contributed by atoms with Crippen LogP contribution in [0.15, 0.2) is 22.8 Å². The van der Waals surface area contributed by atoms with Gasteiger partial charge in [0.2, 0.25) is 0 Å². The molecule has 1 rings (SSSR count). The minimum Gasteiger partial charge on any atom is -0.468 e. The van der Waals surface area contributed by atoms with Crippen molar-refractivity contribution in [2.75, 3.05) is 12.4 Å². The van der Waals surface area contributed by atoms with Crippen LogP contribution >= 0.6 is 11.8 Å². The van der Waals surface area contributed by atoms with Crippen molar-refractivity contribution in [2.24, 2.45) is 5.73 Å². The van der Waals surface area contributed by atoms with Crippen LogP contribution in [0.2, 0.25) is 0 Å². The van der Waals surface area contributed by atoms with E-state index < -0.39 is 6.10 Å². The van der Waals surface area contributed by atoms with E-state index in [1.807, 2.05) is 19.1 Å². The molecule has 0 aliphatic heterocycles. The number of furan rings is 1.